The Balaban J connectivity index is 1.54. The van der Waals surface area contributed by atoms with Gasteiger partial charge in [-0.1, -0.05) is 12.1 Å². The lowest BCUT2D eigenvalue weighted by atomic mass is 10.1. The summed E-state index contributed by atoms with van der Waals surface area (Å²) < 4.78 is 0. The van der Waals surface area contributed by atoms with Gasteiger partial charge in [0.05, 0.1) is 11.1 Å². The van der Waals surface area contributed by atoms with E-state index in [0.29, 0.717) is 19.4 Å². The van der Waals surface area contributed by atoms with Crippen LogP contribution >= 0.6 is 0 Å². The second-order valence-corrected chi connectivity index (χ2v) is 6.89. The summed E-state index contributed by atoms with van der Waals surface area (Å²) in [6.07, 6.45) is 1.26. The Bertz CT molecular complexity index is 817. The van der Waals surface area contributed by atoms with E-state index in [1.165, 1.54) is 11.8 Å². The first-order chi connectivity index (χ1) is 13.3. The Morgan fingerprint density at radius 3 is 2.36 bits per heavy atom. The number of imide groups is 1. The van der Waals surface area contributed by atoms with Crippen LogP contribution in [0.4, 0.5) is 0 Å². The summed E-state index contributed by atoms with van der Waals surface area (Å²) in [5.41, 5.74) is 5.85. The average Bonchev–Trinajstić information content (AvgIpc) is 3.26. The molecular weight excluding hydrogens is 364 g/mol. The van der Waals surface area contributed by atoms with Crippen LogP contribution in [0.3, 0.4) is 0 Å². The molecule has 2 unspecified atom stereocenters. The lowest BCUT2D eigenvalue weighted by Gasteiger charge is -2.23. The van der Waals surface area contributed by atoms with E-state index in [1.807, 2.05) is 0 Å². The average molecular weight is 386 g/mol. The maximum Gasteiger partial charge on any atom is 0.262 e. The quantitative estimate of drug-likeness (QED) is 0.646. The van der Waals surface area contributed by atoms with Crippen LogP contribution in [0, 0.1) is 0 Å². The zero-order valence-corrected chi connectivity index (χ0v) is 15.5. The zero-order chi connectivity index (χ0) is 20.4. The molecule has 148 valence electrons. The molecule has 2 atom stereocenters. The number of benzene rings is 1. The smallest absolute Gasteiger partial charge is 0.262 e. The number of hydrogen-bond donors (Lipinski definition) is 2. The third kappa shape index (κ3) is 3.47. The van der Waals surface area contributed by atoms with Crippen molar-refractivity contribution in [1.29, 1.82) is 0 Å². The molecule has 3 N–H and O–H groups in total. The number of nitrogens with zero attached hydrogens (tertiary/aromatic N) is 2. The monoisotopic (exact) mass is 386 g/mol. The molecule has 3 rings (SSSR count). The molecule has 9 nitrogen and oxygen atoms in total. The first kappa shape index (κ1) is 19.5. The van der Waals surface area contributed by atoms with Gasteiger partial charge in [0.2, 0.25) is 17.7 Å². The van der Waals surface area contributed by atoms with Crippen LogP contribution in [0.5, 0.6) is 0 Å². The fourth-order valence-corrected chi connectivity index (χ4v) is 3.62. The van der Waals surface area contributed by atoms with Crippen LogP contribution in [-0.4, -0.2) is 64.5 Å². The lowest BCUT2D eigenvalue weighted by molar-refractivity contribution is -0.137. The summed E-state index contributed by atoms with van der Waals surface area (Å²) in [4.78, 5) is 63.3. The number of rotatable bonds is 6. The van der Waals surface area contributed by atoms with Gasteiger partial charge in [-0.2, -0.15) is 0 Å². The first-order valence-corrected chi connectivity index (χ1v) is 9.16. The molecular formula is C19H22N4O5. The van der Waals surface area contributed by atoms with Gasteiger partial charge in [-0.3, -0.25) is 28.9 Å². The van der Waals surface area contributed by atoms with Gasteiger partial charge in [0.15, 0.2) is 0 Å². The van der Waals surface area contributed by atoms with Crippen molar-refractivity contribution in [3.05, 3.63) is 35.4 Å². The Morgan fingerprint density at radius 1 is 1.18 bits per heavy atom. The zero-order valence-electron chi connectivity index (χ0n) is 15.5. The second-order valence-electron chi connectivity index (χ2n) is 6.89. The Hall–Kier alpha value is -3.23. The van der Waals surface area contributed by atoms with Crippen LogP contribution in [0.1, 0.15) is 46.9 Å². The highest BCUT2D eigenvalue weighted by Gasteiger charge is 2.40. The van der Waals surface area contributed by atoms with Crippen LogP contribution in [0.25, 0.3) is 0 Å². The molecule has 0 saturated carbocycles. The lowest BCUT2D eigenvalue weighted by Crippen LogP contribution is -2.49. The van der Waals surface area contributed by atoms with Crippen LogP contribution in [0.2, 0.25) is 0 Å². The molecule has 1 saturated heterocycles. The van der Waals surface area contributed by atoms with Gasteiger partial charge < -0.3 is 16.0 Å². The normalized spacial score (nSPS) is 19.5. The van der Waals surface area contributed by atoms with E-state index in [1.54, 1.807) is 24.3 Å². The van der Waals surface area contributed by atoms with Gasteiger partial charge in [0.1, 0.15) is 12.1 Å². The minimum atomic E-state index is -1.01. The van der Waals surface area contributed by atoms with Gasteiger partial charge in [0, 0.05) is 19.5 Å². The van der Waals surface area contributed by atoms with Crippen molar-refractivity contribution in [2.45, 2.75) is 38.3 Å². The molecule has 5 amide bonds. The molecule has 28 heavy (non-hydrogen) atoms. The number of fused-ring (bicyclic) bond motifs is 1. The summed E-state index contributed by atoms with van der Waals surface area (Å²) >= 11 is 0. The molecule has 2 heterocycles. The SMILES string of the molecule is CC(C(=O)NCCC(=O)N1CCCC1C(N)=O)N1C(=O)c2ccccc2C1=O. The predicted molar refractivity (Wildman–Crippen MR) is 98.0 cm³/mol. The number of carbonyl (C=O) groups is 5. The van der Waals surface area contributed by atoms with Crippen molar-refractivity contribution < 1.29 is 24.0 Å². The molecule has 0 radical (unpaired) electrons. The van der Waals surface area contributed by atoms with Crippen LogP contribution in [0.15, 0.2) is 24.3 Å². The van der Waals surface area contributed by atoms with Gasteiger partial charge in [0.25, 0.3) is 11.8 Å². The molecule has 2 aliphatic rings. The van der Waals surface area contributed by atoms with E-state index < -0.39 is 35.7 Å². The molecule has 0 aromatic heterocycles. The van der Waals surface area contributed by atoms with Crippen molar-refractivity contribution >= 4 is 29.5 Å². The molecule has 1 aromatic carbocycles. The molecule has 2 aliphatic heterocycles. The molecule has 0 aliphatic carbocycles. The van der Waals surface area contributed by atoms with Crippen molar-refractivity contribution in [2.75, 3.05) is 13.1 Å². The highest BCUT2D eigenvalue weighted by Crippen LogP contribution is 2.24. The second kappa shape index (κ2) is 7.79. The van der Waals surface area contributed by atoms with Crippen molar-refractivity contribution in [3.63, 3.8) is 0 Å². The first-order valence-electron chi connectivity index (χ1n) is 9.16. The Kier molecular flexibility index (Phi) is 5.43. The summed E-state index contributed by atoms with van der Waals surface area (Å²) in [6.45, 7) is 1.96. The molecule has 9 heteroatoms. The van der Waals surface area contributed by atoms with E-state index in [4.69, 9.17) is 5.73 Å². The van der Waals surface area contributed by atoms with Gasteiger partial charge in [-0.05, 0) is 31.9 Å². The van der Waals surface area contributed by atoms with E-state index in [9.17, 15) is 24.0 Å². The highest BCUT2D eigenvalue weighted by atomic mass is 16.2. The number of hydrogen-bond acceptors (Lipinski definition) is 5. The number of likely N-dealkylation sites (tertiary alicyclic amines) is 1. The van der Waals surface area contributed by atoms with Crippen LogP contribution in [-0.2, 0) is 14.4 Å². The third-order valence-electron chi connectivity index (χ3n) is 5.13. The largest absolute Gasteiger partial charge is 0.368 e. The minimum absolute atomic E-state index is 0.00432. The number of nitrogens with one attached hydrogen (secondary N) is 1. The van der Waals surface area contributed by atoms with E-state index >= 15 is 0 Å². The van der Waals surface area contributed by atoms with Crippen molar-refractivity contribution in [1.82, 2.24) is 15.1 Å². The summed E-state index contributed by atoms with van der Waals surface area (Å²) in [7, 11) is 0. The summed E-state index contributed by atoms with van der Waals surface area (Å²) in [5, 5.41) is 2.58. The fraction of sp³-hybridized carbons (Fsp3) is 0.421. The summed E-state index contributed by atoms with van der Waals surface area (Å²) in [5.74, 6) is -2.36. The molecule has 0 bridgehead atoms. The maximum atomic E-state index is 12.4. The van der Waals surface area contributed by atoms with Gasteiger partial charge in [-0.15, -0.1) is 0 Å². The van der Waals surface area contributed by atoms with Gasteiger partial charge >= 0.3 is 0 Å². The van der Waals surface area contributed by atoms with Crippen LogP contribution < -0.4 is 11.1 Å². The Labute approximate surface area is 161 Å². The maximum absolute atomic E-state index is 12.4. The predicted octanol–water partition coefficient (Wildman–Crippen LogP) is -0.346. The highest BCUT2D eigenvalue weighted by molar-refractivity contribution is 6.22. The van der Waals surface area contributed by atoms with E-state index in [-0.39, 0.29) is 30.0 Å². The molecule has 0 spiro atoms. The van der Waals surface area contributed by atoms with Crippen molar-refractivity contribution in [3.8, 4) is 0 Å². The third-order valence-corrected chi connectivity index (χ3v) is 5.13. The Morgan fingerprint density at radius 2 is 1.79 bits per heavy atom. The fourth-order valence-electron chi connectivity index (χ4n) is 3.62. The standard InChI is InChI=1S/C19H22N4O5/c1-11(23-18(27)12-5-2-3-6-13(12)19(23)28)17(26)21-9-8-15(24)22-10-4-7-14(22)16(20)25/h2-3,5-6,11,14H,4,7-10H2,1H3,(H2,20,25)(H,21,26). The molecule has 1 aromatic rings. The van der Waals surface area contributed by atoms with E-state index in [0.717, 1.165) is 4.90 Å². The van der Waals surface area contributed by atoms with E-state index in [2.05, 4.69) is 5.32 Å². The minimum Gasteiger partial charge on any atom is -0.368 e. The van der Waals surface area contributed by atoms with Gasteiger partial charge in [-0.25, -0.2) is 0 Å². The number of carbonyl (C=O) groups excluding carboxylic acids is 5. The number of primary amides is 1. The summed E-state index contributed by atoms with van der Waals surface area (Å²) in [6, 6.07) is 4.80. The topological polar surface area (TPSA) is 130 Å². The number of nitrogens with two attached hydrogens (primary N) is 1. The van der Waals surface area contributed by atoms with Crippen molar-refractivity contribution in [2.24, 2.45) is 5.73 Å². The molecule has 1 fully saturated rings. The number of amides is 5.